The molecule has 0 heterocycles. The predicted octanol–water partition coefficient (Wildman–Crippen LogP) is 2.60. The number of benzene rings is 1. The fraction of sp³-hybridized carbons (Fsp3) is 0.538. The molecule has 4 heteroatoms. The zero-order chi connectivity index (χ0) is 12.5. The lowest BCUT2D eigenvalue weighted by Crippen LogP contribution is -2.09. The van der Waals surface area contributed by atoms with Crippen molar-refractivity contribution in [1.82, 2.24) is 0 Å². The van der Waals surface area contributed by atoms with Crippen molar-refractivity contribution >= 4 is 5.69 Å². The van der Waals surface area contributed by atoms with Gasteiger partial charge < -0.3 is 14.8 Å². The lowest BCUT2D eigenvalue weighted by atomic mass is 10.2. The summed E-state index contributed by atoms with van der Waals surface area (Å²) < 4.78 is 23.4. The van der Waals surface area contributed by atoms with Crippen LogP contribution in [0.5, 0.6) is 0 Å². The van der Waals surface area contributed by atoms with Gasteiger partial charge in [0.05, 0.1) is 13.2 Å². The normalized spacial score (nSPS) is 10.5. The van der Waals surface area contributed by atoms with Crippen molar-refractivity contribution in [3.8, 4) is 0 Å². The summed E-state index contributed by atoms with van der Waals surface area (Å²) >= 11 is 0. The molecule has 1 N–H and O–H groups in total. The Morgan fingerprint density at radius 1 is 1.24 bits per heavy atom. The van der Waals surface area contributed by atoms with Crippen molar-refractivity contribution in [1.29, 1.82) is 0 Å². The Balaban J connectivity index is 2.16. The standard InChI is InChI=1S/C13H20FNO2/c1-11-12(14)5-3-6-13(11)15-7-4-8-17-10-9-16-2/h3,5-6,15H,4,7-10H2,1-2H3. The monoisotopic (exact) mass is 241 g/mol. The van der Waals surface area contributed by atoms with Gasteiger partial charge in [-0.15, -0.1) is 0 Å². The first-order valence-corrected chi connectivity index (χ1v) is 5.81. The lowest BCUT2D eigenvalue weighted by molar-refractivity contribution is 0.0705. The average Bonchev–Trinajstić information content (AvgIpc) is 2.33. The summed E-state index contributed by atoms with van der Waals surface area (Å²) in [5.74, 6) is -0.175. The van der Waals surface area contributed by atoms with E-state index in [0.717, 1.165) is 18.7 Å². The molecule has 1 aromatic carbocycles. The number of halogens is 1. The van der Waals surface area contributed by atoms with Crippen LogP contribution in [0.15, 0.2) is 18.2 Å². The van der Waals surface area contributed by atoms with Crippen LogP contribution in [-0.4, -0.2) is 33.5 Å². The van der Waals surface area contributed by atoms with Gasteiger partial charge in [0, 0.05) is 31.5 Å². The third-order valence-corrected chi connectivity index (χ3v) is 2.48. The van der Waals surface area contributed by atoms with E-state index in [4.69, 9.17) is 9.47 Å². The van der Waals surface area contributed by atoms with Gasteiger partial charge in [-0.3, -0.25) is 0 Å². The van der Waals surface area contributed by atoms with Crippen LogP contribution in [0.2, 0.25) is 0 Å². The molecule has 0 atom stereocenters. The Hall–Kier alpha value is -1.13. The van der Waals surface area contributed by atoms with Gasteiger partial charge in [-0.2, -0.15) is 0 Å². The fourth-order valence-electron chi connectivity index (χ4n) is 1.44. The van der Waals surface area contributed by atoms with Crippen LogP contribution in [0, 0.1) is 12.7 Å². The summed E-state index contributed by atoms with van der Waals surface area (Å²) in [5.41, 5.74) is 1.51. The first kappa shape index (κ1) is 13.9. The van der Waals surface area contributed by atoms with E-state index in [-0.39, 0.29) is 5.82 Å². The van der Waals surface area contributed by atoms with Crippen LogP contribution in [0.4, 0.5) is 10.1 Å². The number of methoxy groups -OCH3 is 1. The Morgan fingerprint density at radius 2 is 2.06 bits per heavy atom. The van der Waals surface area contributed by atoms with Crippen LogP contribution in [0.3, 0.4) is 0 Å². The van der Waals surface area contributed by atoms with Gasteiger partial charge in [-0.25, -0.2) is 4.39 Å². The predicted molar refractivity (Wildman–Crippen MR) is 66.9 cm³/mol. The molecule has 0 aliphatic carbocycles. The molecule has 17 heavy (non-hydrogen) atoms. The maximum absolute atomic E-state index is 13.2. The number of nitrogens with one attached hydrogen (secondary N) is 1. The average molecular weight is 241 g/mol. The molecule has 0 saturated carbocycles. The number of rotatable bonds is 8. The minimum Gasteiger partial charge on any atom is -0.385 e. The molecule has 0 radical (unpaired) electrons. The van der Waals surface area contributed by atoms with E-state index in [9.17, 15) is 4.39 Å². The summed E-state index contributed by atoms with van der Waals surface area (Å²) in [5, 5.41) is 3.19. The minimum atomic E-state index is -0.175. The van der Waals surface area contributed by atoms with Crippen LogP contribution in [0.25, 0.3) is 0 Å². The highest BCUT2D eigenvalue weighted by Gasteiger charge is 2.01. The molecule has 0 unspecified atom stereocenters. The van der Waals surface area contributed by atoms with E-state index in [1.54, 1.807) is 20.1 Å². The molecule has 0 spiro atoms. The second-order valence-corrected chi connectivity index (χ2v) is 3.80. The Kier molecular flexibility index (Phi) is 6.58. The molecule has 0 saturated heterocycles. The number of hydrogen-bond acceptors (Lipinski definition) is 3. The molecule has 0 aliphatic rings. The Bertz CT molecular complexity index is 331. The summed E-state index contributed by atoms with van der Waals surface area (Å²) in [4.78, 5) is 0. The molecule has 96 valence electrons. The molecule has 1 rings (SSSR count). The minimum absolute atomic E-state index is 0.175. The van der Waals surface area contributed by atoms with E-state index in [0.29, 0.717) is 25.4 Å². The van der Waals surface area contributed by atoms with Crippen LogP contribution >= 0.6 is 0 Å². The maximum Gasteiger partial charge on any atom is 0.128 e. The SMILES string of the molecule is COCCOCCCNc1cccc(F)c1C. The quantitative estimate of drug-likeness (QED) is 0.710. The summed E-state index contributed by atoms with van der Waals surface area (Å²) in [6.45, 7) is 4.47. The van der Waals surface area contributed by atoms with Gasteiger partial charge in [0.25, 0.3) is 0 Å². The molecular formula is C13H20FNO2. The molecule has 0 fully saturated rings. The number of anilines is 1. The summed E-state index contributed by atoms with van der Waals surface area (Å²) in [6.07, 6.45) is 0.889. The zero-order valence-corrected chi connectivity index (χ0v) is 10.5. The van der Waals surface area contributed by atoms with Crippen molar-refractivity contribution in [3.63, 3.8) is 0 Å². The molecule has 0 aliphatic heterocycles. The van der Waals surface area contributed by atoms with Gasteiger partial charge >= 0.3 is 0 Å². The molecule has 0 bridgehead atoms. The van der Waals surface area contributed by atoms with Crippen molar-refractivity contribution < 1.29 is 13.9 Å². The fourth-order valence-corrected chi connectivity index (χ4v) is 1.44. The van der Waals surface area contributed by atoms with Crippen LogP contribution < -0.4 is 5.32 Å². The van der Waals surface area contributed by atoms with Crippen LogP contribution in [0.1, 0.15) is 12.0 Å². The molecule has 0 aromatic heterocycles. The number of hydrogen-bond donors (Lipinski definition) is 1. The van der Waals surface area contributed by atoms with E-state index in [1.807, 2.05) is 6.07 Å². The van der Waals surface area contributed by atoms with Gasteiger partial charge in [0.15, 0.2) is 0 Å². The van der Waals surface area contributed by atoms with E-state index in [1.165, 1.54) is 6.07 Å². The van der Waals surface area contributed by atoms with E-state index in [2.05, 4.69) is 5.32 Å². The summed E-state index contributed by atoms with van der Waals surface area (Å²) in [6, 6.07) is 5.05. The Labute approximate surface area is 102 Å². The highest BCUT2D eigenvalue weighted by atomic mass is 19.1. The third kappa shape index (κ3) is 5.15. The van der Waals surface area contributed by atoms with Crippen molar-refractivity contribution in [2.45, 2.75) is 13.3 Å². The van der Waals surface area contributed by atoms with Crippen LogP contribution in [-0.2, 0) is 9.47 Å². The second-order valence-electron chi connectivity index (χ2n) is 3.80. The van der Waals surface area contributed by atoms with Gasteiger partial charge in [-0.1, -0.05) is 6.07 Å². The highest BCUT2D eigenvalue weighted by Crippen LogP contribution is 2.16. The molecule has 3 nitrogen and oxygen atoms in total. The molecule has 1 aromatic rings. The maximum atomic E-state index is 13.2. The lowest BCUT2D eigenvalue weighted by Gasteiger charge is -2.10. The van der Waals surface area contributed by atoms with Crippen molar-refractivity contribution in [3.05, 3.63) is 29.6 Å². The number of ether oxygens (including phenoxy) is 2. The molecular weight excluding hydrogens is 221 g/mol. The van der Waals surface area contributed by atoms with E-state index >= 15 is 0 Å². The highest BCUT2D eigenvalue weighted by molar-refractivity contribution is 5.50. The Morgan fingerprint density at radius 3 is 2.82 bits per heavy atom. The van der Waals surface area contributed by atoms with Gasteiger partial charge in [-0.05, 0) is 25.5 Å². The third-order valence-electron chi connectivity index (χ3n) is 2.48. The summed E-state index contributed by atoms with van der Waals surface area (Å²) in [7, 11) is 1.65. The van der Waals surface area contributed by atoms with Crippen molar-refractivity contribution in [2.24, 2.45) is 0 Å². The first-order valence-electron chi connectivity index (χ1n) is 5.81. The van der Waals surface area contributed by atoms with Crippen molar-refractivity contribution in [2.75, 3.05) is 38.8 Å². The van der Waals surface area contributed by atoms with E-state index < -0.39 is 0 Å². The zero-order valence-electron chi connectivity index (χ0n) is 10.5. The van der Waals surface area contributed by atoms with Gasteiger partial charge in [0.1, 0.15) is 5.82 Å². The van der Waals surface area contributed by atoms with Gasteiger partial charge in [0.2, 0.25) is 0 Å². The molecule has 0 amide bonds. The topological polar surface area (TPSA) is 30.5 Å². The second kappa shape index (κ2) is 8.03. The largest absolute Gasteiger partial charge is 0.385 e. The first-order chi connectivity index (χ1) is 8.25. The smallest absolute Gasteiger partial charge is 0.128 e.